The Kier molecular flexibility index (Phi) is 7.33. The fourth-order valence-electron chi connectivity index (χ4n) is 3.83. The number of amides is 4. The number of pyridine rings is 1. The Morgan fingerprint density at radius 3 is 2.28 bits per heavy atom. The number of hydrogen-bond acceptors (Lipinski definition) is 7. The molecule has 1 saturated heterocycles. The van der Waals surface area contributed by atoms with Crippen LogP contribution in [-0.4, -0.2) is 54.8 Å². The van der Waals surface area contributed by atoms with Gasteiger partial charge < -0.3 is 15.0 Å². The number of methoxy groups -OCH3 is 1. The number of nitrogens with one attached hydrogen (secondary N) is 1. The summed E-state index contributed by atoms with van der Waals surface area (Å²) < 4.78 is 66.7. The highest BCUT2D eigenvalue weighted by Crippen LogP contribution is 2.33. The van der Waals surface area contributed by atoms with Gasteiger partial charge in [-0.05, 0) is 73.2 Å². The maximum atomic E-state index is 13.1. The van der Waals surface area contributed by atoms with E-state index in [1.807, 2.05) is 0 Å². The number of halogens is 3. The summed E-state index contributed by atoms with van der Waals surface area (Å²) in [6.07, 6.45) is 1.42. The van der Waals surface area contributed by atoms with Gasteiger partial charge in [0.05, 0.1) is 17.7 Å². The molecule has 2 heterocycles. The Morgan fingerprint density at radius 2 is 1.69 bits per heavy atom. The highest BCUT2D eigenvalue weighted by molar-refractivity contribution is 7.92. The van der Waals surface area contributed by atoms with Gasteiger partial charge in [0.2, 0.25) is 0 Å². The van der Waals surface area contributed by atoms with Crippen molar-refractivity contribution in [3.63, 3.8) is 0 Å². The van der Waals surface area contributed by atoms with Crippen LogP contribution in [0.3, 0.4) is 0 Å². The third-order valence-electron chi connectivity index (χ3n) is 5.96. The van der Waals surface area contributed by atoms with Gasteiger partial charge in [0, 0.05) is 18.3 Å². The number of alkyl halides is 3. The zero-order valence-electron chi connectivity index (χ0n) is 20.5. The average molecular weight is 563 g/mol. The predicted octanol–water partition coefficient (Wildman–Crippen LogP) is 3.99. The van der Waals surface area contributed by atoms with Gasteiger partial charge in [0.1, 0.15) is 17.6 Å². The van der Waals surface area contributed by atoms with Crippen LogP contribution >= 0.6 is 0 Å². The molecule has 0 saturated carbocycles. The third-order valence-corrected chi connectivity index (χ3v) is 7.47. The molecule has 10 nitrogen and oxygen atoms in total. The lowest BCUT2D eigenvalue weighted by molar-refractivity contribution is -0.119. The molecule has 204 valence electrons. The van der Waals surface area contributed by atoms with Crippen molar-refractivity contribution in [1.29, 1.82) is 0 Å². The highest BCUT2D eigenvalue weighted by atomic mass is 32.2. The second-order valence-electron chi connectivity index (χ2n) is 8.44. The summed E-state index contributed by atoms with van der Waals surface area (Å²) in [5, 5.41) is 2.65. The first-order valence-electron chi connectivity index (χ1n) is 11.3. The van der Waals surface area contributed by atoms with E-state index in [-0.39, 0.29) is 18.1 Å². The second kappa shape index (κ2) is 10.4. The summed E-state index contributed by atoms with van der Waals surface area (Å²) >= 11 is 0. The Hall–Kier alpha value is -4.46. The lowest BCUT2D eigenvalue weighted by atomic mass is 10.2. The van der Waals surface area contributed by atoms with Crippen LogP contribution < -0.4 is 15.0 Å². The van der Waals surface area contributed by atoms with Gasteiger partial charge in [0.25, 0.3) is 21.7 Å². The summed E-state index contributed by atoms with van der Waals surface area (Å²) in [7, 11) is -4.08. The van der Waals surface area contributed by atoms with E-state index < -0.39 is 44.1 Å². The Bertz CT molecular complexity index is 1530. The molecule has 4 rings (SSSR count). The van der Waals surface area contributed by atoms with Crippen LogP contribution in [0.25, 0.3) is 0 Å². The minimum atomic E-state index is -5.58. The zero-order valence-corrected chi connectivity index (χ0v) is 21.3. The number of hydrogen-bond donors (Lipinski definition) is 1. The van der Waals surface area contributed by atoms with Crippen molar-refractivity contribution in [2.24, 2.45) is 0 Å². The van der Waals surface area contributed by atoms with E-state index in [4.69, 9.17) is 4.74 Å². The molecule has 1 aromatic heterocycles. The van der Waals surface area contributed by atoms with E-state index in [2.05, 4.69) is 10.3 Å². The molecule has 0 bridgehead atoms. The molecule has 4 amide bonds. The van der Waals surface area contributed by atoms with Crippen molar-refractivity contribution in [2.75, 3.05) is 17.3 Å². The van der Waals surface area contributed by atoms with Crippen LogP contribution in [0, 0.1) is 0 Å². The van der Waals surface area contributed by atoms with Crippen LogP contribution in [-0.2, 0) is 21.2 Å². The van der Waals surface area contributed by atoms with E-state index in [1.54, 1.807) is 30.3 Å². The number of aromatic nitrogens is 1. The topological polar surface area (TPSA) is 126 Å². The molecule has 1 aliphatic rings. The van der Waals surface area contributed by atoms with Gasteiger partial charge in [-0.15, -0.1) is 0 Å². The molecule has 3 aromatic rings. The van der Waals surface area contributed by atoms with E-state index in [0.29, 0.717) is 29.0 Å². The summed E-state index contributed by atoms with van der Waals surface area (Å²) in [6, 6.07) is 11.2. The number of rotatable bonds is 7. The molecule has 0 spiro atoms. The Labute approximate surface area is 220 Å². The summed E-state index contributed by atoms with van der Waals surface area (Å²) in [5.74, 6) is -0.280. The zero-order chi connectivity index (χ0) is 28.5. The van der Waals surface area contributed by atoms with E-state index in [9.17, 15) is 36.0 Å². The van der Waals surface area contributed by atoms with Gasteiger partial charge in [-0.3, -0.25) is 9.59 Å². The maximum absolute atomic E-state index is 13.1. The number of anilines is 2. The van der Waals surface area contributed by atoms with Gasteiger partial charge in [-0.2, -0.15) is 13.2 Å². The van der Waals surface area contributed by atoms with Gasteiger partial charge in [-0.25, -0.2) is 23.1 Å². The fourth-order valence-corrected chi connectivity index (χ4v) is 4.59. The number of sulfone groups is 1. The fraction of sp³-hybridized carbons (Fsp3) is 0.200. The first kappa shape index (κ1) is 27.6. The Morgan fingerprint density at radius 1 is 1.05 bits per heavy atom. The number of urea groups is 1. The van der Waals surface area contributed by atoms with Crippen molar-refractivity contribution in [3.8, 4) is 5.75 Å². The molecule has 1 fully saturated rings. The van der Waals surface area contributed by atoms with Gasteiger partial charge >= 0.3 is 11.5 Å². The van der Waals surface area contributed by atoms with Gasteiger partial charge in [-0.1, -0.05) is 0 Å². The van der Waals surface area contributed by atoms with Crippen LogP contribution in [0.1, 0.15) is 22.8 Å². The number of imide groups is 1. The number of ether oxygens (including phenoxy) is 1. The van der Waals surface area contributed by atoms with Crippen molar-refractivity contribution in [3.05, 3.63) is 78.0 Å². The van der Waals surface area contributed by atoms with Crippen LogP contribution in [0.15, 0.2) is 71.8 Å². The standard InChI is InChI=1S/C25H21F3N4O6S/c1-15-23(34)32(18-5-9-20(10-6-18)39(36,37)25(26,27)28)24(35)31(15)14-16-11-12-29-21(13-16)30-22(33)17-3-7-19(38-2)8-4-17/h3-13,15H,14H2,1-2H3,(H,29,30,33). The molecular formula is C25H21F3N4O6S. The van der Waals surface area contributed by atoms with Crippen LogP contribution in [0.4, 0.5) is 29.5 Å². The molecule has 14 heteroatoms. The summed E-state index contributed by atoms with van der Waals surface area (Å²) in [4.78, 5) is 43.6. The molecule has 1 unspecified atom stereocenters. The molecule has 2 aromatic carbocycles. The van der Waals surface area contributed by atoms with Crippen molar-refractivity contribution in [2.45, 2.75) is 29.9 Å². The Balaban J connectivity index is 1.49. The van der Waals surface area contributed by atoms with Crippen molar-refractivity contribution < 1.29 is 40.7 Å². The largest absolute Gasteiger partial charge is 0.501 e. The summed E-state index contributed by atoms with van der Waals surface area (Å²) in [5.41, 5.74) is -4.67. The van der Waals surface area contributed by atoms with Crippen molar-refractivity contribution in [1.82, 2.24) is 9.88 Å². The minimum Gasteiger partial charge on any atom is -0.497 e. The van der Waals surface area contributed by atoms with Crippen LogP contribution in [0.2, 0.25) is 0 Å². The van der Waals surface area contributed by atoms with Crippen molar-refractivity contribution >= 4 is 39.2 Å². The first-order valence-corrected chi connectivity index (χ1v) is 12.8. The molecular weight excluding hydrogens is 541 g/mol. The highest BCUT2D eigenvalue weighted by Gasteiger charge is 2.47. The number of carbonyl (C=O) groups is 3. The molecule has 1 atom stereocenters. The monoisotopic (exact) mass is 562 g/mol. The molecule has 1 aliphatic heterocycles. The molecule has 0 radical (unpaired) electrons. The first-order chi connectivity index (χ1) is 18.3. The number of carbonyl (C=O) groups excluding carboxylic acids is 3. The molecule has 39 heavy (non-hydrogen) atoms. The number of benzene rings is 2. The molecule has 1 N–H and O–H groups in total. The second-order valence-corrected chi connectivity index (χ2v) is 10.4. The third kappa shape index (κ3) is 5.41. The minimum absolute atomic E-state index is 0.0449. The lowest BCUT2D eigenvalue weighted by Gasteiger charge is -2.20. The van der Waals surface area contributed by atoms with Crippen LogP contribution in [0.5, 0.6) is 5.75 Å². The lowest BCUT2D eigenvalue weighted by Crippen LogP contribution is -2.33. The van der Waals surface area contributed by atoms with E-state index >= 15 is 0 Å². The summed E-state index contributed by atoms with van der Waals surface area (Å²) in [6.45, 7) is 1.44. The smallest absolute Gasteiger partial charge is 0.497 e. The SMILES string of the molecule is COc1ccc(C(=O)Nc2cc(CN3C(=O)N(c4ccc(S(=O)(=O)C(F)(F)F)cc4)C(=O)C3C)ccn2)cc1. The number of nitrogens with zero attached hydrogens (tertiary/aromatic N) is 3. The quantitative estimate of drug-likeness (QED) is 0.432. The van der Waals surface area contributed by atoms with Gasteiger partial charge in [0.15, 0.2) is 0 Å². The average Bonchev–Trinajstić information content (AvgIpc) is 3.11. The van der Waals surface area contributed by atoms with E-state index in [1.165, 1.54) is 31.2 Å². The normalized spacial score (nSPS) is 16.0. The predicted molar refractivity (Wildman–Crippen MR) is 133 cm³/mol. The van der Waals surface area contributed by atoms with E-state index in [0.717, 1.165) is 17.0 Å². The maximum Gasteiger partial charge on any atom is 0.501 e. The molecule has 0 aliphatic carbocycles.